The number of rotatable bonds is 9. The number of carbonyl (C=O) groups excluding carboxylic acids is 1. The van der Waals surface area contributed by atoms with Gasteiger partial charge in [-0.2, -0.15) is 0 Å². The lowest BCUT2D eigenvalue weighted by atomic mass is 10.2. The van der Waals surface area contributed by atoms with Gasteiger partial charge in [0, 0.05) is 11.1 Å². The van der Waals surface area contributed by atoms with Crippen molar-refractivity contribution in [2.75, 3.05) is 18.5 Å². The van der Waals surface area contributed by atoms with Crippen LogP contribution in [0.25, 0.3) is 6.08 Å². The van der Waals surface area contributed by atoms with Crippen molar-refractivity contribution in [1.29, 1.82) is 0 Å². The Bertz CT molecular complexity index is 806. The molecule has 2 aromatic rings. The molecule has 1 N–H and O–H groups in total. The molecule has 6 heteroatoms. The molecule has 1 amide bonds. The Morgan fingerprint density at radius 1 is 1.07 bits per heavy atom. The van der Waals surface area contributed by atoms with Crippen molar-refractivity contribution in [2.45, 2.75) is 26.7 Å². The lowest BCUT2D eigenvalue weighted by Crippen LogP contribution is -2.08. The van der Waals surface area contributed by atoms with Crippen molar-refractivity contribution in [3.8, 4) is 11.5 Å². The van der Waals surface area contributed by atoms with Crippen molar-refractivity contribution in [3.05, 3.63) is 58.1 Å². The van der Waals surface area contributed by atoms with E-state index in [1.165, 1.54) is 6.08 Å². The Morgan fingerprint density at radius 2 is 1.89 bits per heavy atom. The van der Waals surface area contributed by atoms with E-state index in [1.807, 2.05) is 25.1 Å². The maximum absolute atomic E-state index is 12.1. The van der Waals surface area contributed by atoms with Crippen LogP contribution >= 0.6 is 23.2 Å². The van der Waals surface area contributed by atoms with Gasteiger partial charge in [0.1, 0.15) is 0 Å². The third-order valence-electron chi connectivity index (χ3n) is 3.64. The third-order valence-corrected chi connectivity index (χ3v) is 4.19. The summed E-state index contributed by atoms with van der Waals surface area (Å²) in [5.74, 6) is 1.08. The van der Waals surface area contributed by atoms with E-state index >= 15 is 0 Å². The van der Waals surface area contributed by atoms with Crippen molar-refractivity contribution < 1.29 is 14.3 Å². The maximum Gasteiger partial charge on any atom is 0.248 e. The van der Waals surface area contributed by atoms with Gasteiger partial charge >= 0.3 is 0 Å². The van der Waals surface area contributed by atoms with Crippen molar-refractivity contribution in [1.82, 2.24) is 0 Å². The highest BCUT2D eigenvalue weighted by molar-refractivity contribution is 6.36. The molecule has 0 atom stereocenters. The number of carbonyl (C=O) groups is 1. The van der Waals surface area contributed by atoms with Crippen LogP contribution in [0.2, 0.25) is 10.0 Å². The number of halogens is 2. The molecule has 0 bridgehead atoms. The summed E-state index contributed by atoms with van der Waals surface area (Å²) in [4.78, 5) is 12.1. The molecule has 144 valence electrons. The van der Waals surface area contributed by atoms with Gasteiger partial charge in [0.2, 0.25) is 5.91 Å². The van der Waals surface area contributed by atoms with E-state index in [-0.39, 0.29) is 5.91 Å². The quantitative estimate of drug-likeness (QED) is 0.396. The van der Waals surface area contributed by atoms with Crippen LogP contribution in [0.15, 0.2) is 42.5 Å². The van der Waals surface area contributed by atoms with Crippen LogP contribution in [-0.4, -0.2) is 19.1 Å². The molecule has 0 saturated heterocycles. The fourth-order valence-electron chi connectivity index (χ4n) is 2.28. The minimum Gasteiger partial charge on any atom is -0.490 e. The van der Waals surface area contributed by atoms with Crippen LogP contribution in [0.5, 0.6) is 11.5 Å². The number of benzene rings is 2. The van der Waals surface area contributed by atoms with Crippen molar-refractivity contribution >= 4 is 40.9 Å². The summed E-state index contributed by atoms with van der Waals surface area (Å²) >= 11 is 11.9. The smallest absolute Gasteiger partial charge is 0.248 e. The standard InChI is InChI=1S/C21H23Cl2NO3/c1-3-5-12-27-19-10-6-15(13-20(19)26-4-2)7-11-21(25)24-18-9-8-16(22)14-17(18)23/h6-11,13-14H,3-5,12H2,1-2H3,(H,24,25)/b11-7+. The minimum atomic E-state index is -0.291. The van der Waals surface area contributed by atoms with E-state index in [9.17, 15) is 4.79 Å². The molecular weight excluding hydrogens is 385 g/mol. The number of unbranched alkanes of at least 4 members (excludes halogenated alkanes) is 1. The molecule has 2 aromatic carbocycles. The molecule has 0 saturated carbocycles. The Morgan fingerprint density at radius 3 is 2.59 bits per heavy atom. The lowest BCUT2D eigenvalue weighted by Gasteiger charge is -2.12. The summed E-state index contributed by atoms with van der Waals surface area (Å²) in [6.45, 7) is 5.22. The fourth-order valence-corrected chi connectivity index (χ4v) is 2.74. The second-order valence-electron chi connectivity index (χ2n) is 5.79. The van der Waals surface area contributed by atoms with E-state index in [1.54, 1.807) is 24.3 Å². The predicted molar refractivity (Wildman–Crippen MR) is 112 cm³/mol. The van der Waals surface area contributed by atoms with Gasteiger partial charge in [0.25, 0.3) is 0 Å². The lowest BCUT2D eigenvalue weighted by molar-refractivity contribution is -0.111. The number of amides is 1. The van der Waals surface area contributed by atoms with Gasteiger partial charge in [-0.1, -0.05) is 42.6 Å². The molecule has 2 rings (SSSR count). The Hall–Kier alpha value is -2.17. The van der Waals surface area contributed by atoms with Gasteiger partial charge < -0.3 is 14.8 Å². The monoisotopic (exact) mass is 407 g/mol. The second kappa shape index (κ2) is 10.9. The van der Waals surface area contributed by atoms with Crippen molar-refractivity contribution in [2.24, 2.45) is 0 Å². The van der Waals surface area contributed by atoms with Crippen LogP contribution < -0.4 is 14.8 Å². The maximum atomic E-state index is 12.1. The second-order valence-corrected chi connectivity index (χ2v) is 6.63. The average Bonchev–Trinajstić information content (AvgIpc) is 2.64. The number of ether oxygens (including phenoxy) is 2. The van der Waals surface area contributed by atoms with E-state index in [4.69, 9.17) is 32.7 Å². The molecule has 0 aliphatic rings. The van der Waals surface area contributed by atoms with Crippen LogP contribution in [-0.2, 0) is 4.79 Å². The summed E-state index contributed by atoms with van der Waals surface area (Å²) in [5.41, 5.74) is 1.34. The SMILES string of the molecule is CCCCOc1ccc(/C=C/C(=O)Nc2ccc(Cl)cc2Cl)cc1OCC. The first-order chi connectivity index (χ1) is 13.0. The zero-order valence-electron chi connectivity index (χ0n) is 15.4. The summed E-state index contributed by atoms with van der Waals surface area (Å²) in [5, 5.41) is 3.62. The van der Waals surface area contributed by atoms with Gasteiger partial charge in [-0.3, -0.25) is 4.79 Å². The molecule has 0 aliphatic heterocycles. The number of anilines is 1. The molecular formula is C21H23Cl2NO3. The fraction of sp³-hybridized carbons (Fsp3) is 0.286. The Labute approximate surface area is 170 Å². The van der Waals surface area contributed by atoms with E-state index in [0.717, 1.165) is 18.4 Å². The number of nitrogens with one attached hydrogen (secondary N) is 1. The molecule has 27 heavy (non-hydrogen) atoms. The Balaban J connectivity index is 2.06. The predicted octanol–water partition coefficient (Wildman–Crippen LogP) is 6.22. The number of hydrogen-bond acceptors (Lipinski definition) is 3. The summed E-state index contributed by atoms with van der Waals surface area (Å²) in [7, 11) is 0. The largest absolute Gasteiger partial charge is 0.490 e. The highest BCUT2D eigenvalue weighted by Gasteiger charge is 2.07. The minimum absolute atomic E-state index is 0.291. The van der Waals surface area contributed by atoms with Gasteiger partial charge in [0.05, 0.1) is 23.9 Å². The average molecular weight is 408 g/mol. The van der Waals surface area contributed by atoms with E-state index < -0.39 is 0 Å². The first-order valence-electron chi connectivity index (χ1n) is 8.87. The molecule has 0 aromatic heterocycles. The Kier molecular flexibility index (Phi) is 8.49. The van der Waals surface area contributed by atoms with Crippen LogP contribution in [0.3, 0.4) is 0 Å². The molecule has 4 nitrogen and oxygen atoms in total. The zero-order chi connectivity index (χ0) is 19.6. The molecule has 0 unspecified atom stereocenters. The van der Waals surface area contributed by atoms with Gasteiger partial charge in [-0.25, -0.2) is 0 Å². The molecule has 0 fully saturated rings. The van der Waals surface area contributed by atoms with E-state index in [0.29, 0.717) is 40.4 Å². The molecule has 0 heterocycles. The summed E-state index contributed by atoms with van der Waals surface area (Å²) in [6, 6.07) is 10.5. The third kappa shape index (κ3) is 6.81. The normalized spacial score (nSPS) is 10.8. The molecule has 0 radical (unpaired) electrons. The highest BCUT2D eigenvalue weighted by Crippen LogP contribution is 2.29. The van der Waals surface area contributed by atoms with Crippen LogP contribution in [0.1, 0.15) is 32.3 Å². The van der Waals surface area contributed by atoms with Gasteiger partial charge in [0.15, 0.2) is 11.5 Å². The first-order valence-corrected chi connectivity index (χ1v) is 9.62. The highest BCUT2D eigenvalue weighted by atomic mass is 35.5. The zero-order valence-corrected chi connectivity index (χ0v) is 16.9. The van der Waals surface area contributed by atoms with Crippen molar-refractivity contribution in [3.63, 3.8) is 0 Å². The molecule has 0 spiro atoms. The van der Waals surface area contributed by atoms with Crippen LogP contribution in [0.4, 0.5) is 5.69 Å². The first kappa shape index (κ1) is 21.1. The summed E-state index contributed by atoms with van der Waals surface area (Å²) < 4.78 is 11.4. The number of hydrogen-bond donors (Lipinski definition) is 1. The van der Waals surface area contributed by atoms with E-state index in [2.05, 4.69) is 12.2 Å². The van der Waals surface area contributed by atoms with Gasteiger partial charge in [-0.15, -0.1) is 0 Å². The topological polar surface area (TPSA) is 47.6 Å². The molecule has 0 aliphatic carbocycles. The summed E-state index contributed by atoms with van der Waals surface area (Å²) in [6.07, 6.45) is 5.20. The van der Waals surface area contributed by atoms with Crippen LogP contribution in [0, 0.1) is 0 Å². The van der Waals surface area contributed by atoms with Gasteiger partial charge in [-0.05, 0) is 55.3 Å².